The number of rotatable bonds is 2. The molecule has 0 saturated carbocycles. The van der Waals surface area contributed by atoms with Gasteiger partial charge < -0.3 is 4.42 Å². The number of nitrogens with zero attached hydrogens (tertiary/aromatic N) is 1. The molecule has 0 N–H and O–H groups in total. The molecule has 0 aliphatic rings. The maximum absolute atomic E-state index is 11.7. The van der Waals surface area contributed by atoms with Crippen LogP contribution in [0.5, 0.6) is 0 Å². The van der Waals surface area contributed by atoms with Gasteiger partial charge in [-0.05, 0) is 55.3 Å². The van der Waals surface area contributed by atoms with Crippen LogP contribution >= 0.6 is 23.2 Å². The molecule has 5 heteroatoms. The van der Waals surface area contributed by atoms with E-state index in [1.807, 2.05) is 26.0 Å². The van der Waals surface area contributed by atoms with E-state index in [1.54, 1.807) is 18.2 Å². The fourth-order valence-corrected chi connectivity index (χ4v) is 2.57. The lowest BCUT2D eigenvalue weighted by Crippen LogP contribution is -1.97. The van der Waals surface area contributed by atoms with Crippen molar-refractivity contribution in [1.82, 2.24) is 4.98 Å². The zero-order chi connectivity index (χ0) is 15.1. The van der Waals surface area contributed by atoms with Crippen LogP contribution in [0.1, 0.15) is 21.7 Å². The Morgan fingerprint density at radius 1 is 1.19 bits per heavy atom. The van der Waals surface area contributed by atoms with Gasteiger partial charge in [-0.25, -0.2) is 4.98 Å². The average molecular weight is 320 g/mol. The highest BCUT2D eigenvalue weighted by atomic mass is 35.5. The third-order valence-corrected chi connectivity index (χ3v) is 3.99. The second kappa shape index (κ2) is 5.17. The summed E-state index contributed by atoms with van der Waals surface area (Å²) in [6.45, 7) is 3.71. The number of aryl methyl sites for hydroxylation is 2. The molecular formula is C16H11Cl2NO2. The van der Waals surface area contributed by atoms with Gasteiger partial charge in [-0.1, -0.05) is 17.7 Å². The summed E-state index contributed by atoms with van der Waals surface area (Å²) in [6.07, 6.45) is 0. The van der Waals surface area contributed by atoms with E-state index in [2.05, 4.69) is 4.98 Å². The fraction of sp³-hybridized carbons (Fsp3) is 0.125. The van der Waals surface area contributed by atoms with Crippen LogP contribution < -0.4 is 0 Å². The molecule has 3 nitrogen and oxygen atoms in total. The quantitative estimate of drug-likeness (QED) is 0.614. The molecule has 0 fully saturated rings. The van der Waals surface area contributed by atoms with Crippen molar-refractivity contribution >= 4 is 39.3 Å². The highest BCUT2D eigenvalue weighted by Gasteiger charge is 2.16. The molecule has 0 bridgehead atoms. The SMILES string of the molecule is Cc1ccc(-c2cc(C(=O)Cl)c3ccc(Cl)c(C)c3n2)o1. The number of halogens is 2. The molecule has 2 heterocycles. The lowest BCUT2D eigenvalue weighted by Gasteiger charge is -2.09. The summed E-state index contributed by atoms with van der Waals surface area (Å²) in [5.41, 5.74) is 2.41. The second-order valence-electron chi connectivity index (χ2n) is 4.81. The topological polar surface area (TPSA) is 43.1 Å². The molecule has 2 aromatic heterocycles. The minimum Gasteiger partial charge on any atom is -0.460 e. The molecule has 0 amide bonds. The molecule has 1 aromatic carbocycles. The molecule has 0 atom stereocenters. The van der Waals surface area contributed by atoms with E-state index in [9.17, 15) is 4.79 Å². The normalized spacial score (nSPS) is 11.0. The molecule has 0 radical (unpaired) electrons. The predicted molar refractivity (Wildman–Crippen MR) is 84.1 cm³/mol. The van der Waals surface area contributed by atoms with Gasteiger partial charge in [0.25, 0.3) is 5.24 Å². The molecule has 21 heavy (non-hydrogen) atoms. The van der Waals surface area contributed by atoms with E-state index in [0.29, 0.717) is 32.9 Å². The number of pyridine rings is 1. The number of hydrogen-bond donors (Lipinski definition) is 0. The summed E-state index contributed by atoms with van der Waals surface area (Å²) in [5, 5.41) is 0.744. The fourth-order valence-electron chi connectivity index (χ4n) is 2.27. The third kappa shape index (κ3) is 2.43. The smallest absolute Gasteiger partial charge is 0.253 e. The van der Waals surface area contributed by atoms with Crippen LogP contribution in [0.4, 0.5) is 0 Å². The Balaban J connectivity index is 2.38. The van der Waals surface area contributed by atoms with E-state index >= 15 is 0 Å². The van der Waals surface area contributed by atoms with Crippen molar-refractivity contribution in [3.8, 4) is 11.5 Å². The molecule has 0 saturated heterocycles. The van der Waals surface area contributed by atoms with Crippen LogP contribution in [0.3, 0.4) is 0 Å². The number of aromatic nitrogens is 1. The molecule has 3 aromatic rings. The Morgan fingerprint density at radius 3 is 2.57 bits per heavy atom. The molecule has 0 aliphatic heterocycles. The van der Waals surface area contributed by atoms with Gasteiger partial charge in [0.05, 0.1) is 5.52 Å². The van der Waals surface area contributed by atoms with Crippen LogP contribution in [0, 0.1) is 13.8 Å². The van der Waals surface area contributed by atoms with Gasteiger partial charge in [0.15, 0.2) is 5.76 Å². The van der Waals surface area contributed by atoms with E-state index in [0.717, 1.165) is 11.3 Å². The Kier molecular flexibility index (Phi) is 3.47. The summed E-state index contributed by atoms with van der Waals surface area (Å²) >= 11 is 11.8. The van der Waals surface area contributed by atoms with Crippen LogP contribution in [0.2, 0.25) is 5.02 Å². The standard InChI is InChI=1S/C16H11Cl2NO2/c1-8-3-6-14(21-8)13-7-11(16(18)20)10-4-5-12(17)9(2)15(10)19-13/h3-7H,1-2H3. The number of hydrogen-bond acceptors (Lipinski definition) is 3. The summed E-state index contributed by atoms with van der Waals surface area (Å²) in [5.74, 6) is 1.36. The highest BCUT2D eigenvalue weighted by molar-refractivity contribution is 6.68. The average Bonchev–Trinajstić information content (AvgIpc) is 2.88. The summed E-state index contributed by atoms with van der Waals surface area (Å²) in [6, 6.07) is 8.79. The van der Waals surface area contributed by atoms with Gasteiger partial charge in [0.1, 0.15) is 11.5 Å². The Labute approximate surface area is 131 Å². The summed E-state index contributed by atoms with van der Waals surface area (Å²) < 4.78 is 5.57. The van der Waals surface area contributed by atoms with Crippen molar-refractivity contribution in [3.05, 3.63) is 52.2 Å². The minimum atomic E-state index is -0.534. The lowest BCUT2D eigenvalue weighted by atomic mass is 10.0. The third-order valence-electron chi connectivity index (χ3n) is 3.37. The molecule has 3 rings (SSSR count). The molecular weight excluding hydrogens is 309 g/mol. The monoisotopic (exact) mass is 319 g/mol. The zero-order valence-corrected chi connectivity index (χ0v) is 12.9. The highest BCUT2D eigenvalue weighted by Crippen LogP contribution is 2.31. The van der Waals surface area contributed by atoms with Gasteiger partial charge in [0.2, 0.25) is 0 Å². The molecule has 0 aliphatic carbocycles. The van der Waals surface area contributed by atoms with Gasteiger partial charge in [-0.15, -0.1) is 0 Å². The van der Waals surface area contributed by atoms with Crippen molar-refractivity contribution in [1.29, 1.82) is 0 Å². The van der Waals surface area contributed by atoms with Gasteiger partial charge in [-0.2, -0.15) is 0 Å². The number of carbonyl (C=O) groups is 1. The second-order valence-corrected chi connectivity index (χ2v) is 5.56. The van der Waals surface area contributed by atoms with E-state index < -0.39 is 5.24 Å². The maximum Gasteiger partial charge on any atom is 0.253 e. The van der Waals surface area contributed by atoms with Crippen LogP contribution in [0.25, 0.3) is 22.4 Å². The Hall–Kier alpha value is -1.84. The van der Waals surface area contributed by atoms with E-state index in [-0.39, 0.29) is 0 Å². The maximum atomic E-state index is 11.7. The van der Waals surface area contributed by atoms with Gasteiger partial charge in [0, 0.05) is 16.0 Å². The molecule has 106 valence electrons. The first kappa shape index (κ1) is 14.1. The largest absolute Gasteiger partial charge is 0.460 e. The lowest BCUT2D eigenvalue weighted by molar-refractivity contribution is 0.108. The van der Waals surface area contributed by atoms with E-state index in [4.69, 9.17) is 27.6 Å². The first-order chi connectivity index (χ1) is 9.97. The zero-order valence-electron chi connectivity index (χ0n) is 11.4. The summed E-state index contributed by atoms with van der Waals surface area (Å²) in [4.78, 5) is 16.3. The van der Waals surface area contributed by atoms with Gasteiger partial charge >= 0.3 is 0 Å². The number of benzene rings is 1. The van der Waals surface area contributed by atoms with Gasteiger partial charge in [-0.3, -0.25) is 4.79 Å². The van der Waals surface area contributed by atoms with Crippen LogP contribution in [-0.4, -0.2) is 10.2 Å². The Bertz CT molecular complexity index is 868. The number of furan rings is 1. The first-order valence-electron chi connectivity index (χ1n) is 6.34. The summed E-state index contributed by atoms with van der Waals surface area (Å²) in [7, 11) is 0. The number of fused-ring (bicyclic) bond motifs is 1. The minimum absolute atomic E-state index is 0.394. The Morgan fingerprint density at radius 2 is 1.95 bits per heavy atom. The van der Waals surface area contributed by atoms with Crippen molar-refractivity contribution in [3.63, 3.8) is 0 Å². The number of carbonyl (C=O) groups excluding carboxylic acids is 1. The molecule has 0 unspecified atom stereocenters. The predicted octanol–water partition coefficient (Wildman–Crippen LogP) is 5.14. The van der Waals surface area contributed by atoms with Crippen LogP contribution in [-0.2, 0) is 0 Å². The van der Waals surface area contributed by atoms with Crippen molar-refractivity contribution in [2.75, 3.05) is 0 Å². The first-order valence-corrected chi connectivity index (χ1v) is 7.09. The van der Waals surface area contributed by atoms with Crippen molar-refractivity contribution in [2.24, 2.45) is 0 Å². The van der Waals surface area contributed by atoms with Crippen LogP contribution in [0.15, 0.2) is 34.7 Å². The molecule has 0 spiro atoms. The van der Waals surface area contributed by atoms with Crippen molar-refractivity contribution in [2.45, 2.75) is 13.8 Å². The van der Waals surface area contributed by atoms with E-state index in [1.165, 1.54) is 0 Å². The van der Waals surface area contributed by atoms with Crippen molar-refractivity contribution < 1.29 is 9.21 Å².